The van der Waals surface area contributed by atoms with Gasteiger partial charge in [0.15, 0.2) is 0 Å². The Morgan fingerprint density at radius 2 is 1.00 bits per heavy atom. The number of ether oxygens (including phenoxy) is 1. The maximum Gasteiger partial charge on any atom is 0.255 e. The first-order valence-electron chi connectivity index (χ1n) is 11.0. The lowest BCUT2D eigenvalue weighted by Gasteiger charge is -2.13. The number of benzene rings is 4. The van der Waals surface area contributed by atoms with Gasteiger partial charge in [0, 0.05) is 22.5 Å². The Morgan fingerprint density at radius 1 is 0.550 bits per heavy atom. The van der Waals surface area contributed by atoms with Gasteiger partial charge in [0.05, 0.1) is 40.2 Å². The van der Waals surface area contributed by atoms with Gasteiger partial charge in [-0.25, -0.2) is 0 Å². The van der Waals surface area contributed by atoms with Crippen molar-refractivity contribution in [2.75, 3.05) is 10.6 Å². The first-order valence-corrected chi connectivity index (χ1v) is 14.1. The molecule has 0 aliphatic carbocycles. The maximum atomic E-state index is 13.2. The molecule has 13 heteroatoms. The summed E-state index contributed by atoms with van der Waals surface area (Å²) in [6, 6.07) is 15.1. The molecule has 4 aromatic rings. The average Bonchev–Trinajstić information content (AvgIpc) is 2.90. The smallest absolute Gasteiger partial charge is 0.255 e. The first kappa shape index (κ1) is 30.9. The van der Waals surface area contributed by atoms with E-state index in [4.69, 9.17) is 97.5 Å². The minimum Gasteiger partial charge on any atom is -0.489 e. The van der Waals surface area contributed by atoms with Crippen molar-refractivity contribution >= 4 is 116 Å². The number of nitrogens with one attached hydrogen (secondary N) is 2. The Kier molecular flexibility index (Phi) is 10.3. The second kappa shape index (κ2) is 13.3. The minimum absolute atomic E-state index is 0.0772. The summed E-state index contributed by atoms with van der Waals surface area (Å²) in [4.78, 5) is 26.4. The molecule has 5 nitrogen and oxygen atoms in total. The number of anilines is 2. The van der Waals surface area contributed by atoms with Crippen LogP contribution in [0.25, 0.3) is 0 Å². The summed E-state index contributed by atoms with van der Waals surface area (Å²) in [6.45, 7) is 0.0772. The molecule has 0 spiro atoms. The minimum atomic E-state index is -0.568. The van der Waals surface area contributed by atoms with Crippen molar-refractivity contribution in [3.05, 3.63) is 118 Å². The summed E-state index contributed by atoms with van der Waals surface area (Å²) in [5.74, 6) is -0.912. The van der Waals surface area contributed by atoms with Crippen LogP contribution in [0.3, 0.4) is 0 Å². The molecule has 206 valence electrons. The topological polar surface area (TPSA) is 67.4 Å². The molecular formula is C27H14Cl8N2O3. The summed E-state index contributed by atoms with van der Waals surface area (Å²) < 4.78 is 5.90. The first-order chi connectivity index (χ1) is 18.9. The molecule has 0 radical (unpaired) electrons. The van der Waals surface area contributed by atoms with Crippen molar-refractivity contribution < 1.29 is 14.3 Å². The third kappa shape index (κ3) is 7.61. The van der Waals surface area contributed by atoms with E-state index >= 15 is 0 Å². The highest BCUT2D eigenvalue weighted by molar-refractivity contribution is 6.49. The van der Waals surface area contributed by atoms with E-state index in [9.17, 15) is 9.59 Å². The molecule has 0 aromatic heterocycles. The molecule has 0 bridgehead atoms. The quantitative estimate of drug-likeness (QED) is 0.189. The van der Waals surface area contributed by atoms with Crippen molar-refractivity contribution in [2.45, 2.75) is 6.61 Å². The van der Waals surface area contributed by atoms with E-state index in [0.717, 1.165) is 0 Å². The maximum absolute atomic E-state index is 13.2. The lowest BCUT2D eigenvalue weighted by molar-refractivity contribution is 0.102. The molecule has 2 N–H and O–H groups in total. The van der Waals surface area contributed by atoms with Gasteiger partial charge in [-0.15, -0.1) is 0 Å². The number of carbonyl (C=O) groups excluding carboxylic acids is 2. The van der Waals surface area contributed by atoms with Gasteiger partial charge < -0.3 is 15.4 Å². The average molecular weight is 698 g/mol. The highest BCUT2D eigenvalue weighted by Crippen LogP contribution is 2.35. The largest absolute Gasteiger partial charge is 0.489 e. The number of halogens is 8. The predicted octanol–water partition coefficient (Wildman–Crippen LogP) is 11.0. The SMILES string of the molecule is O=C(Nc1cc(Cl)c(Cl)c(Cl)c1)c1cc(OCc2ccc(Cl)c(Cl)c2)cc(C(=O)Nc2cc(Cl)c(Cl)c(Cl)c2)c1. The number of hydrogen-bond acceptors (Lipinski definition) is 3. The number of hydrogen-bond donors (Lipinski definition) is 2. The summed E-state index contributed by atoms with van der Waals surface area (Å²) in [5.41, 5.74) is 1.51. The van der Waals surface area contributed by atoms with Gasteiger partial charge >= 0.3 is 0 Å². The zero-order valence-corrected chi connectivity index (χ0v) is 25.8. The van der Waals surface area contributed by atoms with Crippen LogP contribution >= 0.6 is 92.8 Å². The number of carbonyl (C=O) groups is 2. The third-order valence-electron chi connectivity index (χ3n) is 5.30. The van der Waals surface area contributed by atoms with E-state index in [1.54, 1.807) is 18.2 Å². The monoisotopic (exact) mass is 694 g/mol. The van der Waals surface area contributed by atoms with Crippen molar-refractivity contribution in [3.8, 4) is 5.75 Å². The fraction of sp³-hybridized carbons (Fsp3) is 0.0370. The second-order valence-corrected chi connectivity index (χ2v) is 11.4. The summed E-state index contributed by atoms with van der Waals surface area (Å²) in [7, 11) is 0. The Balaban J connectivity index is 1.65. The van der Waals surface area contributed by atoms with Crippen LogP contribution in [-0.2, 0) is 6.61 Å². The Bertz CT molecular complexity index is 1510. The van der Waals surface area contributed by atoms with E-state index in [0.29, 0.717) is 27.0 Å². The van der Waals surface area contributed by atoms with Gasteiger partial charge in [-0.05, 0) is 60.2 Å². The molecule has 40 heavy (non-hydrogen) atoms. The zero-order chi connectivity index (χ0) is 29.1. The lowest BCUT2D eigenvalue weighted by Crippen LogP contribution is -2.16. The van der Waals surface area contributed by atoms with Crippen LogP contribution in [-0.4, -0.2) is 11.8 Å². The van der Waals surface area contributed by atoms with Crippen molar-refractivity contribution in [1.29, 1.82) is 0 Å². The van der Waals surface area contributed by atoms with Crippen LogP contribution in [0.5, 0.6) is 5.75 Å². The lowest BCUT2D eigenvalue weighted by atomic mass is 10.1. The van der Waals surface area contributed by atoms with Crippen LogP contribution in [0.4, 0.5) is 11.4 Å². The van der Waals surface area contributed by atoms with Gasteiger partial charge in [0.25, 0.3) is 11.8 Å². The Hall–Kier alpha value is -2.06. The molecule has 0 heterocycles. The molecule has 4 aromatic carbocycles. The third-order valence-corrected chi connectivity index (χ3v) is 8.44. The molecule has 0 saturated carbocycles. The predicted molar refractivity (Wildman–Crippen MR) is 166 cm³/mol. The molecule has 0 aliphatic rings. The van der Waals surface area contributed by atoms with Gasteiger partial charge in [-0.2, -0.15) is 0 Å². The zero-order valence-electron chi connectivity index (χ0n) is 19.7. The van der Waals surface area contributed by atoms with E-state index in [1.165, 1.54) is 42.5 Å². The van der Waals surface area contributed by atoms with Gasteiger partial charge in [0.1, 0.15) is 12.4 Å². The van der Waals surface area contributed by atoms with Crippen molar-refractivity contribution in [3.63, 3.8) is 0 Å². The van der Waals surface area contributed by atoms with Gasteiger partial charge in [-0.1, -0.05) is 98.9 Å². The van der Waals surface area contributed by atoms with E-state index in [1.807, 2.05) is 0 Å². The molecule has 0 atom stereocenters. The number of amides is 2. The van der Waals surface area contributed by atoms with Crippen molar-refractivity contribution in [1.82, 2.24) is 0 Å². The molecule has 2 amide bonds. The Morgan fingerprint density at radius 3 is 1.43 bits per heavy atom. The molecular weight excluding hydrogens is 684 g/mol. The van der Waals surface area contributed by atoms with Crippen LogP contribution < -0.4 is 15.4 Å². The summed E-state index contributed by atoms with van der Waals surface area (Å²) >= 11 is 48.4. The van der Waals surface area contributed by atoms with Gasteiger partial charge in [0.2, 0.25) is 0 Å². The highest BCUT2D eigenvalue weighted by Gasteiger charge is 2.17. The fourth-order valence-corrected chi connectivity index (χ4v) is 4.92. The molecule has 4 rings (SSSR count). The molecule has 0 fully saturated rings. The van der Waals surface area contributed by atoms with E-state index in [2.05, 4.69) is 10.6 Å². The highest BCUT2D eigenvalue weighted by atomic mass is 35.5. The molecule has 0 aliphatic heterocycles. The van der Waals surface area contributed by atoms with Crippen LogP contribution in [0.1, 0.15) is 26.3 Å². The van der Waals surface area contributed by atoms with Crippen LogP contribution in [0, 0.1) is 0 Å². The second-order valence-electron chi connectivity index (χ2n) is 8.20. The van der Waals surface area contributed by atoms with Crippen LogP contribution in [0.15, 0.2) is 60.7 Å². The molecule has 0 saturated heterocycles. The fourth-order valence-electron chi connectivity index (χ4n) is 3.40. The number of rotatable bonds is 7. The summed E-state index contributed by atoms with van der Waals surface area (Å²) in [6.07, 6.45) is 0. The van der Waals surface area contributed by atoms with Crippen LogP contribution in [0.2, 0.25) is 40.2 Å². The standard InChI is InChI=1S/C27H14Cl8N2O3/c28-18-2-1-12(3-19(18)29)11-40-17-5-13(26(38)36-15-7-20(30)24(34)21(31)8-15)4-14(6-17)27(39)37-16-9-22(32)25(35)23(33)10-16/h1-10H,11H2,(H,36,38)(H,37,39). The van der Waals surface area contributed by atoms with E-state index in [-0.39, 0.29) is 53.6 Å². The molecule has 0 unspecified atom stereocenters. The normalized spacial score (nSPS) is 10.8. The van der Waals surface area contributed by atoms with Gasteiger partial charge in [-0.3, -0.25) is 9.59 Å². The van der Waals surface area contributed by atoms with E-state index < -0.39 is 11.8 Å². The van der Waals surface area contributed by atoms with Crippen molar-refractivity contribution in [2.24, 2.45) is 0 Å². The Labute approximate surface area is 269 Å². The summed E-state index contributed by atoms with van der Waals surface area (Å²) in [5, 5.41) is 7.05.